The molecule has 0 fully saturated rings. The van der Waals surface area contributed by atoms with Gasteiger partial charge >= 0.3 is 0 Å². The Kier molecular flexibility index (Phi) is 4.45. The first-order valence-corrected chi connectivity index (χ1v) is 7.18. The highest BCUT2D eigenvalue weighted by Crippen LogP contribution is 2.25. The smallest absolute Gasteiger partial charge is 0.0804 e. The molecule has 0 spiro atoms. The van der Waals surface area contributed by atoms with Gasteiger partial charge in [-0.2, -0.15) is 5.10 Å². The van der Waals surface area contributed by atoms with E-state index in [1.807, 2.05) is 18.8 Å². The summed E-state index contributed by atoms with van der Waals surface area (Å²) in [7, 11) is 5.77. The number of ether oxygens (including phenoxy) is 1. The van der Waals surface area contributed by atoms with Crippen LogP contribution < -0.4 is 5.32 Å². The van der Waals surface area contributed by atoms with Crippen molar-refractivity contribution in [3.8, 4) is 0 Å². The number of likely N-dealkylation sites (N-methyl/N-ethyl adjacent to an activating group) is 1. The maximum Gasteiger partial charge on any atom is 0.0804 e. The van der Waals surface area contributed by atoms with Gasteiger partial charge in [-0.05, 0) is 26.5 Å². The van der Waals surface area contributed by atoms with E-state index in [1.54, 1.807) is 7.11 Å². The second-order valence-corrected chi connectivity index (χ2v) is 5.50. The van der Waals surface area contributed by atoms with Crippen LogP contribution in [0, 0.1) is 0 Å². The largest absolute Gasteiger partial charge is 0.377 e. The van der Waals surface area contributed by atoms with Gasteiger partial charge in [-0.3, -0.25) is 4.68 Å². The standard InChI is InChI=1S/C16H25N3O/c1-6-16(2,20-5)15(17-3)11-13-12-9-7-8-10-14(12)19(4)18-13/h7-10,15,17H,6,11H2,1-5H3. The summed E-state index contributed by atoms with van der Waals surface area (Å²) in [6, 6.07) is 8.60. The Hall–Kier alpha value is -1.39. The minimum atomic E-state index is -0.187. The van der Waals surface area contributed by atoms with Gasteiger partial charge < -0.3 is 10.1 Å². The molecule has 2 unspecified atom stereocenters. The van der Waals surface area contributed by atoms with Crippen LogP contribution in [0.4, 0.5) is 0 Å². The molecule has 110 valence electrons. The Bertz CT molecular complexity index is 572. The quantitative estimate of drug-likeness (QED) is 0.880. The van der Waals surface area contributed by atoms with E-state index >= 15 is 0 Å². The number of rotatable bonds is 6. The molecular weight excluding hydrogens is 250 g/mol. The number of nitrogens with one attached hydrogen (secondary N) is 1. The fourth-order valence-electron chi connectivity index (χ4n) is 2.79. The Labute approximate surface area is 121 Å². The van der Waals surface area contributed by atoms with Crippen molar-refractivity contribution in [1.82, 2.24) is 15.1 Å². The van der Waals surface area contributed by atoms with Crippen LogP contribution in [0.15, 0.2) is 24.3 Å². The minimum absolute atomic E-state index is 0.187. The van der Waals surface area contributed by atoms with Crippen LogP contribution in [0.3, 0.4) is 0 Å². The fourth-order valence-corrected chi connectivity index (χ4v) is 2.79. The molecule has 2 rings (SSSR count). The molecule has 0 aliphatic carbocycles. The third-order valence-electron chi connectivity index (χ3n) is 4.49. The van der Waals surface area contributed by atoms with Gasteiger partial charge in [0.25, 0.3) is 0 Å². The first-order valence-electron chi connectivity index (χ1n) is 7.18. The fraction of sp³-hybridized carbons (Fsp3) is 0.562. The van der Waals surface area contributed by atoms with E-state index in [9.17, 15) is 0 Å². The van der Waals surface area contributed by atoms with E-state index in [0.29, 0.717) is 0 Å². The lowest BCUT2D eigenvalue weighted by Gasteiger charge is -2.35. The first kappa shape index (κ1) is 15.0. The zero-order valence-corrected chi connectivity index (χ0v) is 13.1. The van der Waals surface area contributed by atoms with E-state index < -0.39 is 0 Å². The summed E-state index contributed by atoms with van der Waals surface area (Å²) in [5.41, 5.74) is 2.11. The average molecular weight is 275 g/mol. The van der Waals surface area contributed by atoms with E-state index in [0.717, 1.165) is 18.5 Å². The van der Waals surface area contributed by atoms with Crippen molar-refractivity contribution in [2.75, 3.05) is 14.2 Å². The number of hydrogen-bond acceptors (Lipinski definition) is 3. The second kappa shape index (κ2) is 5.94. The topological polar surface area (TPSA) is 39.1 Å². The Morgan fingerprint density at radius 2 is 2.10 bits per heavy atom. The van der Waals surface area contributed by atoms with E-state index in [-0.39, 0.29) is 11.6 Å². The molecule has 0 aliphatic rings. The summed E-state index contributed by atoms with van der Waals surface area (Å²) in [5.74, 6) is 0. The van der Waals surface area contributed by atoms with Crippen molar-refractivity contribution < 1.29 is 4.74 Å². The number of hydrogen-bond donors (Lipinski definition) is 1. The van der Waals surface area contributed by atoms with Crippen LogP contribution in [-0.2, 0) is 18.2 Å². The number of para-hydroxylation sites is 1. The van der Waals surface area contributed by atoms with Crippen LogP contribution in [0.2, 0.25) is 0 Å². The lowest BCUT2D eigenvalue weighted by atomic mass is 9.89. The van der Waals surface area contributed by atoms with Gasteiger partial charge in [-0.1, -0.05) is 25.1 Å². The van der Waals surface area contributed by atoms with Crippen LogP contribution in [-0.4, -0.2) is 35.6 Å². The normalized spacial score (nSPS) is 16.2. The van der Waals surface area contributed by atoms with E-state index in [4.69, 9.17) is 4.74 Å². The van der Waals surface area contributed by atoms with Gasteiger partial charge in [0.05, 0.1) is 16.8 Å². The summed E-state index contributed by atoms with van der Waals surface area (Å²) in [5, 5.41) is 9.30. The van der Waals surface area contributed by atoms with Gasteiger partial charge in [-0.25, -0.2) is 0 Å². The predicted octanol–water partition coefficient (Wildman–Crippen LogP) is 2.52. The number of aryl methyl sites for hydroxylation is 1. The molecule has 0 bridgehead atoms. The second-order valence-electron chi connectivity index (χ2n) is 5.50. The van der Waals surface area contributed by atoms with Crippen molar-refractivity contribution in [3.63, 3.8) is 0 Å². The summed E-state index contributed by atoms with van der Waals surface area (Å²) >= 11 is 0. The zero-order valence-electron chi connectivity index (χ0n) is 13.1. The summed E-state index contributed by atoms with van der Waals surface area (Å²) < 4.78 is 7.69. The van der Waals surface area contributed by atoms with Crippen LogP contribution in [0.1, 0.15) is 26.0 Å². The average Bonchev–Trinajstić information content (AvgIpc) is 2.81. The Balaban J connectivity index is 2.35. The van der Waals surface area contributed by atoms with Crippen molar-refractivity contribution >= 4 is 10.9 Å². The highest BCUT2D eigenvalue weighted by Gasteiger charge is 2.32. The minimum Gasteiger partial charge on any atom is -0.377 e. The zero-order chi connectivity index (χ0) is 14.8. The van der Waals surface area contributed by atoms with Crippen molar-refractivity contribution in [1.29, 1.82) is 0 Å². The van der Waals surface area contributed by atoms with Crippen molar-refractivity contribution in [2.45, 2.75) is 38.3 Å². The molecule has 0 saturated carbocycles. The Morgan fingerprint density at radius 1 is 1.40 bits per heavy atom. The molecule has 1 aromatic carbocycles. The first-order chi connectivity index (χ1) is 9.55. The van der Waals surface area contributed by atoms with Gasteiger partial charge in [0.2, 0.25) is 0 Å². The maximum absolute atomic E-state index is 5.73. The van der Waals surface area contributed by atoms with Crippen LogP contribution >= 0.6 is 0 Å². The molecule has 2 aromatic rings. The molecule has 0 saturated heterocycles. The number of nitrogens with zero attached hydrogens (tertiary/aromatic N) is 2. The third kappa shape index (κ3) is 2.58. The highest BCUT2D eigenvalue weighted by atomic mass is 16.5. The molecule has 4 heteroatoms. The number of aromatic nitrogens is 2. The summed E-state index contributed by atoms with van der Waals surface area (Å²) in [6.45, 7) is 4.31. The molecule has 0 radical (unpaired) electrons. The molecule has 1 heterocycles. The summed E-state index contributed by atoms with van der Waals surface area (Å²) in [4.78, 5) is 0. The lowest BCUT2D eigenvalue weighted by molar-refractivity contribution is -0.0270. The Morgan fingerprint density at radius 3 is 2.70 bits per heavy atom. The predicted molar refractivity (Wildman–Crippen MR) is 83.0 cm³/mol. The molecule has 4 nitrogen and oxygen atoms in total. The van der Waals surface area contributed by atoms with E-state index in [2.05, 4.69) is 48.5 Å². The number of fused-ring (bicyclic) bond motifs is 1. The van der Waals surface area contributed by atoms with Crippen molar-refractivity contribution in [3.05, 3.63) is 30.0 Å². The van der Waals surface area contributed by atoms with E-state index in [1.165, 1.54) is 10.9 Å². The molecule has 1 aromatic heterocycles. The van der Waals surface area contributed by atoms with Crippen molar-refractivity contribution in [2.24, 2.45) is 7.05 Å². The van der Waals surface area contributed by atoms with Crippen LogP contribution in [0.5, 0.6) is 0 Å². The van der Waals surface area contributed by atoms with Gasteiger partial charge in [0.1, 0.15) is 0 Å². The maximum atomic E-state index is 5.73. The molecule has 2 atom stereocenters. The van der Waals surface area contributed by atoms with Crippen LogP contribution in [0.25, 0.3) is 10.9 Å². The molecule has 0 amide bonds. The highest BCUT2D eigenvalue weighted by molar-refractivity contribution is 5.81. The molecule has 20 heavy (non-hydrogen) atoms. The molecule has 1 N–H and O–H groups in total. The monoisotopic (exact) mass is 275 g/mol. The lowest BCUT2D eigenvalue weighted by Crippen LogP contribution is -2.49. The molecular formula is C16H25N3O. The molecule has 0 aliphatic heterocycles. The SMILES string of the molecule is CCC(C)(OC)C(Cc1nn(C)c2ccccc12)NC. The third-order valence-corrected chi connectivity index (χ3v) is 4.49. The number of methoxy groups -OCH3 is 1. The number of benzene rings is 1. The van der Waals surface area contributed by atoms with Gasteiger partial charge in [0, 0.05) is 32.0 Å². The summed E-state index contributed by atoms with van der Waals surface area (Å²) in [6.07, 6.45) is 1.82. The van der Waals surface area contributed by atoms with Gasteiger partial charge in [0.15, 0.2) is 0 Å². The van der Waals surface area contributed by atoms with Gasteiger partial charge in [-0.15, -0.1) is 0 Å².